The Morgan fingerprint density at radius 2 is 1.74 bits per heavy atom. The topological polar surface area (TPSA) is 96.4 Å². The highest BCUT2D eigenvalue weighted by atomic mass is 16.6. The molecule has 0 aliphatic rings. The smallest absolute Gasteiger partial charge is 0.344 e. The van der Waals surface area contributed by atoms with Crippen LogP contribution in [0.25, 0.3) is 5.69 Å². The van der Waals surface area contributed by atoms with Crippen molar-refractivity contribution in [1.29, 1.82) is 0 Å². The summed E-state index contributed by atoms with van der Waals surface area (Å²) in [4.78, 5) is 23.5. The molecule has 0 spiro atoms. The number of rotatable bonds is 3. The maximum absolute atomic E-state index is 12.1. The van der Waals surface area contributed by atoms with Crippen molar-refractivity contribution in [1.82, 2.24) is 9.78 Å². The Morgan fingerprint density at radius 1 is 1.13 bits per heavy atom. The summed E-state index contributed by atoms with van der Waals surface area (Å²) in [6, 6.07) is 6.56. The van der Waals surface area contributed by atoms with Crippen molar-refractivity contribution in [2.45, 2.75) is 26.4 Å². The van der Waals surface area contributed by atoms with E-state index in [2.05, 4.69) is 9.84 Å². The van der Waals surface area contributed by atoms with Crippen LogP contribution < -0.4 is 5.73 Å². The third-order valence-electron chi connectivity index (χ3n) is 2.91. The van der Waals surface area contributed by atoms with Gasteiger partial charge in [-0.3, -0.25) is 0 Å². The minimum Gasteiger partial charge on any atom is -0.465 e. The van der Waals surface area contributed by atoms with Crippen LogP contribution in [0.4, 0.5) is 5.82 Å². The van der Waals surface area contributed by atoms with Gasteiger partial charge in [0.2, 0.25) is 0 Å². The van der Waals surface area contributed by atoms with E-state index >= 15 is 0 Å². The molecule has 0 unspecified atom stereocenters. The molecule has 0 aliphatic heterocycles. The quantitative estimate of drug-likeness (QED) is 0.872. The van der Waals surface area contributed by atoms with Crippen LogP contribution in [0, 0.1) is 0 Å². The Hall–Kier alpha value is -2.83. The first-order chi connectivity index (χ1) is 10.7. The lowest BCUT2D eigenvalue weighted by molar-refractivity contribution is 0.00706. The minimum absolute atomic E-state index is 0.0799. The third kappa shape index (κ3) is 3.88. The molecule has 0 atom stereocenters. The largest absolute Gasteiger partial charge is 0.465 e. The van der Waals surface area contributed by atoms with Crippen LogP contribution in [0.1, 0.15) is 41.5 Å². The van der Waals surface area contributed by atoms with E-state index in [9.17, 15) is 9.59 Å². The fourth-order valence-electron chi connectivity index (χ4n) is 1.88. The molecule has 2 aromatic rings. The predicted molar refractivity (Wildman–Crippen MR) is 84.5 cm³/mol. The average molecular weight is 317 g/mol. The lowest BCUT2D eigenvalue weighted by Crippen LogP contribution is -2.24. The van der Waals surface area contributed by atoms with E-state index in [4.69, 9.17) is 10.5 Å². The molecule has 1 aromatic carbocycles. The lowest BCUT2D eigenvalue weighted by Gasteiger charge is -2.18. The van der Waals surface area contributed by atoms with Crippen LogP contribution in [0.5, 0.6) is 0 Å². The van der Waals surface area contributed by atoms with Crippen molar-refractivity contribution in [2.24, 2.45) is 0 Å². The number of anilines is 1. The van der Waals surface area contributed by atoms with Crippen molar-refractivity contribution in [3.05, 3.63) is 41.6 Å². The van der Waals surface area contributed by atoms with Gasteiger partial charge in [-0.2, -0.15) is 0 Å². The molecule has 0 aliphatic carbocycles. The fraction of sp³-hybridized carbons (Fsp3) is 0.312. The molecule has 122 valence electrons. The van der Waals surface area contributed by atoms with Crippen molar-refractivity contribution in [2.75, 3.05) is 12.8 Å². The van der Waals surface area contributed by atoms with Crippen LogP contribution in [-0.4, -0.2) is 34.4 Å². The van der Waals surface area contributed by atoms with E-state index < -0.39 is 17.5 Å². The molecular weight excluding hydrogens is 298 g/mol. The zero-order chi connectivity index (χ0) is 17.2. The van der Waals surface area contributed by atoms with Gasteiger partial charge < -0.3 is 15.2 Å². The summed E-state index contributed by atoms with van der Waals surface area (Å²) in [6.45, 7) is 5.32. The van der Waals surface area contributed by atoms with Crippen LogP contribution >= 0.6 is 0 Å². The molecule has 23 heavy (non-hydrogen) atoms. The van der Waals surface area contributed by atoms with Crippen LogP contribution in [0.3, 0.4) is 0 Å². The average Bonchev–Trinajstić information content (AvgIpc) is 2.87. The highest BCUT2D eigenvalue weighted by Gasteiger charge is 2.22. The summed E-state index contributed by atoms with van der Waals surface area (Å²) in [6.07, 6.45) is 1.50. The predicted octanol–water partition coefficient (Wildman–Crippen LogP) is 2.20. The number of nitrogens with zero attached hydrogens (tertiary/aromatic N) is 2. The minimum atomic E-state index is -0.617. The van der Waals surface area contributed by atoms with E-state index in [1.165, 1.54) is 18.0 Å². The molecule has 0 saturated carbocycles. The number of esters is 2. The highest BCUT2D eigenvalue weighted by Crippen LogP contribution is 2.19. The van der Waals surface area contributed by atoms with E-state index in [1.807, 2.05) is 0 Å². The number of nitrogens with two attached hydrogens (primary N) is 1. The number of hydrogen-bond acceptors (Lipinski definition) is 6. The van der Waals surface area contributed by atoms with Gasteiger partial charge in [0, 0.05) is 6.20 Å². The van der Waals surface area contributed by atoms with Gasteiger partial charge in [-0.1, -0.05) is 0 Å². The van der Waals surface area contributed by atoms with Crippen LogP contribution in [0.2, 0.25) is 0 Å². The van der Waals surface area contributed by atoms with Gasteiger partial charge in [-0.25, -0.2) is 14.3 Å². The molecule has 7 heteroatoms. The standard InChI is InChI=1S/C16H19N3O4/c1-16(2,3)23-15(21)12-9-19(18-13(12)17)11-7-5-10(6-8-11)14(20)22-4/h5-9H,1-4H3,(H2,17,18). The Labute approximate surface area is 134 Å². The maximum Gasteiger partial charge on any atom is 0.344 e. The maximum atomic E-state index is 12.1. The van der Waals surface area contributed by atoms with Gasteiger partial charge in [0.15, 0.2) is 5.82 Å². The van der Waals surface area contributed by atoms with Gasteiger partial charge in [0.05, 0.1) is 18.4 Å². The SMILES string of the molecule is COC(=O)c1ccc(-n2cc(C(=O)OC(C)(C)C)c(N)n2)cc1. The van der Waals surface area contributed by atoms with Gasteiger partial charge in [-0.15, -0.1) is 5.10 Å². The second-order valence-electron chi connectivity index (χ2n) is 5.91. The van der Waals surface area contributed by atoms with E-state index in [-0.39, 0.29) is 11.4 Å². The molecule has 0 fully saturated rings. The third-order valence-corrected chi connectivity index (χ3v) is 2.91. The summed E-state index contributed by atoms with van der Waals surface area (Å²) in [5.74, 6) is -0.880. The molecule has 0 bridgehead atoms. The number of carbonyl (C=O) groups excluding carboxylic acids is 2. The van der Waals surface area contributed by atoms with E-state index in [1.54, 1.807) is 45.0 Å². The van der Waals surface area contributed by atoms with Gasteiger partial charge in [0.25, 0.3) is 0 Å². The summed E-state index contributed by atoms with van der Waals surface area (Å²) < 4.78 is 11.4. The Bertz CT molecular complexity index is 727. The summed E-state index contributed by atoms with van der Waals surface area (Å²) in [5, 5.41) is 4.10. The summed E-state index contributed by atoms with van der Waals surface area (Å²) >= 11 is 0. The highest BCUT2D eigenvalue weighted by molar-refractivity contribution is 5.94. The van der Waals surface area contributed by atoms with Gasteiger partial charge >= 0.3 is 11.9 Å². The van der Waals surface area contributed by atoms with Crippen molar-refractivity contribution in [3.8, 4) is 5.69 Å². The number of hydrogen-bond donors (Lipinski definition) is 1. The zero-order valence-electron chi connectivity index (χ0n) is 13.5. The number of aromatic nitrogens is 2. The fourth-order valence-corrected chi connectivity index (χ4v) is 1.88. The van der Waals surface area contributed by atoms with E-state index in [0.29, 0.717) is 11.3 Å². The molecule has 0 radical (unpaired) electrons. The Balaban J connectivity index is 2.27. The molecule has 2 rings (SSSR count). The Morgan fingerprint density at radius 3 is 2.26 bits per heavy atom. The van der Waals surface area contributed by atoms with Crippen LogP contribution in [0.15, 0.2) is 30.5 Å². The molecule has 1 aromatic heterocycles. The van der Waals surface area contributed by atoms with Crippen molar-refractivity contribution >= 4 is 17.8 Å². The number of carbonyl (C=O) groups is 2. The number of ether oxygens (including phenoxy) is 2. The van der Waals surface area contributed by atoms with Crippen LogP contribution in [-0.2, 0) is 9.47 Å². The van der Waals surface area contributed by atoms with Crippen molar-refractivity contribution < 1.29 is 19.1 Å². The van der Waals surface area contributed by atoms with Gasteiger partial charge in [0.1, 0.15) is 11.2 Å². The second kappa shape index (κ2) is 6.12. The number of methoxy groups -OCH3 is 1. The number of benzene rings is 1. The normalized spacial score (nSPS) is 11.1. The molecule has 0 saturated heterocycles. The van der Waals surface area contributed by atoms with Crippen molar-refractivity contribution in [3.63, 3.8) is 0 Å². The first-order valence-corrected chi connectivity index (χ1v) is 6.98. The Kier molecular flexibility index (Phi) is 4.40. The first kappa shape index (κ1) is 16.5. The molecule has 0 amide bonds. The molecule has 1 heterocycles. The second-order valence-corrected chi connectivity index (χ2v) is 5.91. The summed E-state index contributed by atoms with van der Waals surface area (Å²) in [5.41, 5.74) is 6.44. The molecule has 7 nitrogen and oxygen atoms in total. The zero-order valence-corrected chi connectivity index (χ0v) is 13.5. The first-order valence-electron chi connectivity index (χ1n) is 6.98. The van der Waals surface area contributed by atoms with E-state index in [0.717, 1.165) is 0 Å². The van der Waals surface area contributed by atoms with Gasteiger partial charge in [-0.05, 0) is 45.0 Å². The lowest BCUT2D eigenvalue weighted by atomic mass is 10.2. The summed E-state index contributed by atoms with van der Waals surface area (Å²) in [7, 11) is 1.32. The molecular formula is C16H19N3O4. The monoisotopic (exact) mass is 317 g/mol. The molecule has 2 N–H and O–H groups in total. The number of nitrogen functional groups attached to an aromatic ring is 1.